The predicted molar refractivity (Wildman–Crippen MR) is 62.8 cm³/mol. The van der Waals surface area contributed by atoms with Crippen molar-refractivity contribution in [1.82, 2.24) is 4.90 Å². The molecule has 0 atom stereocenters. The molecule has 2 saturated heterocycles. The molecular weight excluding hydrogens is 190 g/mol. The minimum atomic E-state index is 0.805. The van der Waals surface area contributed by atoms with Crippen molar-refractivity contribution in [2.75, 3.05) is 24.6 Å². The van der Waals surface area contributed by atoms with E-state index in [0.29, 0.717) is 0 Å². The van der Waals surface area contributed by atoms with E-state index in [1.54, 1.807) is 0 Å². The van der Waals surface area contributed by atoms with Gasteiger partial charge in [0.05, 0.1) is 0 Å². The largest absolute Gasteiger partial charge is 0.300 e. The second-order valence-electron chi connectivity index (χ2n) is 5.47. The molecule has 0 aromatic rings. The summed E-state index contributed by atoms with van der Waals surface area (Å²) < 4.78 is 0. The molecule has 0 unspecified atom stereocenters. The fraction of sp³-hybridized carbons (Fsp3) is 1.00. The second kappa shape index (κ2) is 3.71. The molecule has 2 heteroatoms. The first-order valence-corrected chi connectivity index (χ1v) is 7.35. The molecule has 1 nitrogen and oxygen atoms in total. The molecule has 0 bridgehead atoms. The third-order valence-electron chi connectivity index (χ3n) is 4.52. The number of hydrogen-bond donors (Lipinski definition) is 0. The van der Waals surface area contributed by atoms with Crippen LogP contribution >= 0.6 is 11.8 Å². The highest BCUT2D eigenvalue weighted by atomic mass is 32.2. The third-order valence-corrected chi connectivity index (χ3v) is 6.15. The molecule has 0 aromatic heterocycles. The molecule has 0 N–H and O–H groups in total. The van der Waals surface area contributed by atoms with Gasteiger partial charge in [0, 0.05) is 6.04 Å². The summed E-state index contributed by atoms with van der Waals surface area (Å²) in [4.78, 5) is 2.79. The molecule has 3 rings (SSSR count). The highest BCUT2D eigenvalue weighted by molar-refractivity contribution is 8.00. The van der Waals surface area contributed by atoms with Gasteiger partial charge in [-0.1, -0.05) is 12.8 Å². The Bertz CT molecular complexity index is 196. The normalized spacial score (nSPS) is 33.4. The van der Waals surface area contributed by atoms with Crippen LogP contribution < -0.4 is 0 Å². The Balaban J connectivity index is 1.54. The highest BCUT2D eigenvalue weighted by Crippen LogP contribution is 2.46. The van der Waals surface area contributed by atoms with E-state index in [0.717, 1.165) is 11.5 Å². The average molecular weight is 211 g/mol. The van der Waals surface area contributed by atoms with E-state index in [-0.39, 0.29) is 0 Å². The van der Waals surface area contributed by atoms with Crippen molar-refractivity contribution in [2.24, 2.45) is 5.41 Å². The van der Waals surface area contributed by atoms with E-state index in [1.807, 2.05) is 0 Å². The summed E-state index contributed by atoms with van der Waals surface area (Å²) in [5.41, 5.74) is 0.805. The molecule has 2 heterocycles. The Morgan fingerprint density at radius 1 is 1.00 bits per heavy atom. The lowest BCUT2D eigenvalue weighted by molar-refractivity contribution is 0.0951. The number of nitrogens with zero attached hydrogens (tertiary/aromatic N) is 1. The summed E-state index contributed by atoms with van der Waals surface area (Å²) in [7, 11) is 0. The van der Waals surface area contributed by atoms with Crippen LogP contribution in [0.15, 0.2) is 0 Å². The molecular formula is C12H21NS. The van der Waals surface area contributed by atoms with Crippen molar-refractivity contribution in [3.8, 4) is 0 Å². The maximum absolute atomic E-state index is 2.79. The molecule has 14 heavy (non-hydrogen) atoms. The summed E-state index contributed by atoms with van der Waals surface area (Å²) in [6.07, 6.45) is 8.95. The van der Waals surface area contributed by atoms with Crippen molar-refractivity contribution < 1.29 is 0 Å². The second-order valence-corrected chi connectivity index (χ2v) is 6.45. The molecule has 0 radical (unpaired) electrons. The molecule has 1 spiro atoms. The summed E-state index contributed by atoms with van der Waals surface area (Å²) in [6.45, 7) is 2.82. The molecule has 3 fully saturated rings. The Kier molecular flexibility index (Phi) is 2.53. The number of thioether (sulfide) groups is 1. The van der Waals surface area contributed by atoms with Crippen LogP contribution in [0, 0.1) is 5.41 Å². The SMILES string of the molecule is C1CCC(N2CCC3(CC2)CSC3)C1. The topological polar surface area (TPSA) is 3.24 Å². The lowest BCUT2D eigenvalue weighted by atomic mass is 9.81. The van der Waals surface area contributed by atoms with Crippen LogP contribution in [0.4, 0.5) is 0 Å². The fourth-order valence-electron chi connectivity index (χ4n) is 3.31. The van der Waals surface area contributed by atoms with Gasteiger partial charge in [0.25, 0.3) is 0 Å². The minimum absolute atomic E-state index is 0.805. The minimum Gasteiger partial charge on any atom is -0.300 e. The van der Waals surface area contributed by atoms with E-state index in [4.69, 9.17) is 0 Å². The first-order chi connectivity index (χ1) is 6.88. The van der Waals surface area contributed by atoms with Crippen LogP contribution in [-0.4, -0.2) is 35.5 Å². The van der Waals surface area contributed by atoms with Gasteiger partial charge >= 0.3 is 0 Å². The van der Waals surface area contributed by atoms with Gasteiger partial charge < -0.3 is 4.90 Å². The summed E-state index contributed by atoms with van der Waals surface area (Å²) >= 11 is 2.16. The van der Waals surface area contributed by atoms with Gasteiger partial charge in [-0.25, -0.2) is 0 Å². The zero-order valence-electron chi connectivity index (χ0n) is 9.00. The lowest BCUT2D eigenvalue weighted by Crippen LogP contribution is -2.49. The monoisotopic (exact) mass is 211 g/mol. The average Bonchev–Trinajstić information content (AvgIpc) is 2.68. The van der Waals surface area contributed by atoms with Crippen LogP contribution in [0.3, 0.4) is 0 Å². The molecule has 3 aliphatic rings. The maximum atomic E-state index is 2.79. The van der Waals surface area contributed by atoms with Crippen molar-refractivity contribution >= 4 is 11.8 Å². The highest BCUT2D eigenvalue weighted by Gasteiger charge is 2.41. The van der Waals surface area contributed by atoms with Crippen LogP contribution in [0.1, 0.15) is 38.5 Å². The van der Waals surface area contributed by atoms with E-state index >= 15 is 0 Å². The van der Waals surface area contributed by atoms with E-state index in [1.165, 1.54) is 63.1 Å². The van der Waals surface area contributed by atoms with Crippen molar-refractivity contribution in [2.45, 2.75) is 44.6 Å². The number of rotatable bonds is 1. The van der Waals surface area contributed by atoms with E-state index in [9.17, 15) is 0 Å². The molecule has 1 saturated carbocycles. The van der Waals surface area contributed by atoms with Crippen molar-refractivity contribution in [3.63, 3.8) is 0 Å². The molecule has 2 aliphatic heterocycles. The van der Waals surface area contributed by atoms with Crippen LogP contribution in [0.2, 0.25) is 0 Å². The quantitative estimate of drug-likeness (QED) is 0.656. The Labute approximate surface area is 91.6 Å². The Hall–Kier alpha value is 0.310. The van der Waals surface area contributed by atoms with Crippen molar-refractivity contribution in [1.29, 1.82) is 0 Å². The lowest BCUT2D eigenvalue weighted by Gasteiger charge is -2.48. The number of piperidine rings is 1. The zero-order chi connectivity index (χ0) is 9.43. The maximum Gasteiger partial charge on any atom is 0.00952 e. The standard InChI is InChI=1S/C12H21NS/c1-2-4-11(3-1)13-7-5-12(6-8-13)9-14-10-12/h11H,1-10H2. The van der Waals surface area contributed by atoms with Gasteiger partial charge in [-0.05, 0) is 55.7 Å². The van der Waals surface area contributed by atoms with E-state index in [2.05, 4.69) is 16.7 Å². The first-order valence-electron chi connectivity index (χ1n) is 6.20. The number of likely N-dealkylation sites (tertiary alicyclic amines) is 1. The first kappa shape index (κ1) is 9.53. The van der Waals surface area contributed by atoms with Gasteiger partial charge in [-0.3, -0.25) is 0 Å². The zero-order valence-corrected chi connectivity index (χ0v) is 9.82. The predicted octanol–water partition coefficient (Wildman–Crippen LogP) is 2.76. The van der Waals surface area contributed by atoms with Crippen LogP contribution in [0.5, 0.6) is 0 Å². The Morgan fingerprint density at radius 3 is 2.14 bits per heavy atom. The molecule has 0 aromatic carbocycles. The van der Waals surface area contributed by atoms with Gasteiger partial charge in [0.1, 0.15) is 0 Å². The fourth-order valence-corrected chi connectivity index (χ4v) is 4.67. The van der Waals surface area contributed by atoms with Crippen LogP contribution in [0.25, 0.3) is 0 Å². The van der Waals surface area contributed by atoms with Gasteiger partial charge in [-0.2, -0.15) is 11.8 Å². The molecule has 1 aliphatic carbocycles. The Morgan fingerprint density at radius 2 is 1.64 bits per heavy atom. The summed E-state index contributed by atoms with van der Waals surface area (Å²) in [5, 5.41) is 0. The summed E-state index contributed by atoms with van der Waals surface area (Å²) in [6, 6.07) is 0.972. The number of hydrogen-bond acceptors (Lipinski definition) is 2. The summed E-state index contributed by atoms with van der Waals surface area (Å²) in [5.74, 6) is 2.93. The third kappa shape index (κ3) is 1.61. The van der Waals surface area contributed by atoms with Gasteiger partial charge in [-0.15, -0.1) is 0 Å². The van der Waals surface area contributed by atoms with Crippen LogP contribution in [-0.2, 0) is 0 Å². The van der Waals surface area contributed by atoms with Crippen molar-refractivity contribution in [3.05, 3.63) is 0 Å². The van der Waals surface area contributed by atoms with E-state index < -0.39 is 0 Å². The smallest absolute Gasteiger partial charge is 0.00952 e. The molecule has 0 amide bonds. The van der Waals surface area contributed by atoms with Gasteiger partial charge in [0.2, 0.25) is 0 Å². The molecule has 80 valence electrons. The van der Waals surface area contributed by atoms with Gasteiger partial charge in [0.15, 0.2) is 0 Å².